The van der Waals surface area contributed by atoms with E-state index in [0.717, 1.165) is 0 Å². The Morgan fingerprint density at radius 3 is 2.50 bits per heavy atom. The maximum absolute atomic E-state index is 11.9. The topological polar surface area (TPSA) is 35.2 Å². The molecule has 0 radical (unpaired) electrons. The maximum Gasteiger partial charge on any atom is 0.573 e. The van der Waals surface area contributed by atoms with E-state index in [1.165, 1.54) is 12.1 Å². The highest BCUT2D eigenvalue weighted by Crippen LogP contribution is 2.28. The van der Waals surface area contributed by atoms with Crippen LogP contribution in [-0.4, -0.2) is 6.36 Å². The van der Waals surface area contributed by atoms with Gasteiger partial charge < -0.3 is 10.5 Å². The van der Waals surface area contributed by atoms with Gasteiger partial charge in [-0.05, 0) is 34.7 Å². The van der Waals surface area contributed by atoms with Crippen LogP contribution >= 0.6 is 22.6 Å². The van der Waals surface area contributed by atoms with Gasteiger partial charge in [0, 0.05) is 15.7 Å². The standard InChI is InChI=1S/C8H7F3INO/c9-8(10,11)14-7-3-1-2-6(12)5(7)4-13/h1-3H,4,13H2. The van der Waals surface area contributed by atoms with Gasteiger partial charge in [-0.2, -0.15) is 0 Å². The van der Waals surface area contributed by atoms with Crippen LogP contribution in [0.15, 0.2) is 18.2 Å². The molecule has 0 unspecified atom stereocenters. The van der Waals surface area contributed by atoms with Gasteiger partial charge in [-0.1, -0.05) is 6.07 Å². The summed E-state index contributed by atoms with van der Waals surface area (Å²) in [6.45, 7) is 0.0184. The summed E-state index contributed by atoms with van der Waals surface area (Å²) in [5.41, 5.74) is 5.68. The number of nitrogens with two attached hydrogens (primary N) is 1. The zero-order valence-corrected chi connectivity index (χ0v) is 9.09. The fourth-order valence-corrected chi connectivity index (χ4v) is 1.65. The maximum atomic E-state index is 11.9. The van der Waals surface area contributed by atoms with Crippen molar-refractivity contribution in [1.82, 2.24) is 0 Å². The fraction of sp³-hybridized carbons (Fsp3) is 0.250. The van der Waals surface area contributed by atoms with Crippen molar-refractivity contribution in [2.24, 2.45) is 5.73 Å². The molecule has 1 aromatic rings. The van der Waals surface area contributed by atoms with E-state index in [0.29, 0.717) is 9.13 Å². The number of benzene rings is 1. The number of ether oxygens (including phenoxy) is 1. The molecule has 0 fully saturated rings. The second-order valence-electron chi connectivity index (χ2n) is 2.47. The van der Waals surface area contributed by atoms with E-state index >= 15 is 0 Å². The summed E-state index contributed by atoms with van der Waals surface area (Å²) >= 11 is 1.91. The first-order valence-corrected chi connectivity index (χ1v) is 4.75. The molecule has 0 amide bonds. The SMILES string of the molecule is NCc1c(I)cccc1OC(F)(F)F. The van der Waals surface area contributed by atoms with E-state index in [4.69, 9.17) is 5.73 Å². The molecular formula is C8H7F3INO. The molecule has 0 heterocycles. The third-order valence-electron chi connectivity index (χ3n) is 1.51. The van der Waals surface area contributed by atoms with Crippen molar-refractivity contribution in [2.75, 3.05) is 0 Å². The van der Waals surface area contributed by atoms with Crippen LogP contribution in [0.4, 0.5) is 13.2 Å². The van der Waals surface area contributed by atoms with E-state index in [2.05, 4.69) is 4.74 Å². The van der Waals surface area contributed by atoms with Crippen LogP contribution < -0.4 is 10.5 Å². The highest BCUT2D eigenvalue weighted by Gasteiger charge is 2.32. The summed E-state index contributed by atoms with van der Waals surface area (Å²) in [5.74, 6) is -0.230. The monoisotopic (exact) mass is 317 g/mol. The molecule has 1 aromatic carbocycles. The second kappa shape index (κ2) is 4.35. The molecule has 0 aliphatic carbocycles. The number of halogens is 4. The Morgan fingerprint density at radius 1 is 1.36 bits per heavy atom. The molecule has 1 rings (SSSR count). The quantitative estimate of drug-likeness (QED) is 0.851. The van der Waals surface area contributed by atoms with Crippen molar-refractivity contribution in [3.8, 4) is 5.75 Å². The summed E-state index contributed by atoms with van der Waals surface area (Å²) in [7, 11) is 0. The number of hydrogen-bond donors (Lipinski definition) is 1. The molecule has 2 nitrogen and oxygen atoms in total. The molecular weight excluding hydrogens is 310 g/mol. The van der Waals surface area contributed by atoms with Crippen LogP contribution in [-0.2, 0) is 6.54 Å². The number of hydrogen-bond acceptors (Lipinski definition) is 2. The third kappa shape index (κ3) is 3.02. The second-order valence-corrected chi connectivity index (χ2v) is 3.63. The molecule has 0 saturated heterocycles. The zero-order valence-electron chi connectivity index (χ0n) is 6.94. The van der Waals surface area contributed by atoms with Crippen LogP contribution in [0.25, 0.3) is 0 Å². The minimum Gasteiger partial charge on any atom is -0.405 e. The predicted octanol–water partition coefficient (Wildman–Crippen LogP) is 2.65. The minimum absolute atomic E-state index is 0.0184. The van der Waals surface area contributed by atoms with Crippen molar-refractivity contribution in [2.45, 2.75) is 12.9 Å². The van der Waals surface area contributed by atoms with Crippen molar-refractivity contribution in [3.63, 3.8) is 0 Å². The number of alkyl halides is 3. The first-order valence-electron chi connectivity index (χ1n) is 3.67. The predicted molar refractivity (Wildman–Crippen MR) is 53.7 cm³/mol. The van der Waals surface area contributed by atoms with Gasteiger partial charge in [0.1, 0.15) is 5.75 Å². The van der Waals surface area contributed by atoms with Gasteiger partial charge in [-0.25, -0.2) is 0 Å². The molecule has 78 valence electrons. The normalized spacial score (nSPS) is 11.5. The molecule has 0 aliphatic heterocycles. The van der Waals surface area contributed by atoms with Crippen LogP contribution in [0.2, 0.25) is 0 Å². The average molecular weight is 317 g/mol. The number of rotatable bonds is 2. The van der Waals surface area contributed by atoms with E-state index in [1.807, 2.05) is 22.6 Å². The third-order valence-corrected chi connectivity index (χ3v) is 2.52. The van der Waals surface area contributed by atoms with Crippen molar-refractivity contribution in [1.29, 1.82) is 0 Å². The lowest BCUT2D eigenvalue weighted by molar-refractivity contribution is -0.274. The molecule has 0 aliphatic rings. The van der Waals surface area contributed by atoms with Crippen molar-refractivity contribution in [3.05, 3.63) is 27.3 Å². The highest BCUT2D eigenvalue weighted by atomic mass is 127. The lowest BCUT2D eigenvalue weighted by Crippen LogP contribution is -2.19. The molecule has 0 bridgehead atoms. The van der Waals surface area contributed by atoms with E-state index < -0.39 is 6.36 Å². The van der Waals surface area contributed by atoms with Gasteiger partial charge >= 0.3 is 6.36 Å². The molecule has 0 spiro atoms. The van der Waals surface area contributed by atoms with E-state index in [9.17, 15) is 13.2 Å². The van der Waals surface area contributed by atoms with Crippen LogP contribution in [0.5, 0.6) is 5.75 Å². The van der Waals surface area contributed by atoms with Crippen LogP contribution in [0.1, 0.15) is 5.56 Å². The molecule has 14 heavy (non-hydrogen) atoms. The molecule has 2 N–H and O–H groups in total. The van der Waals surface area contributed by atoms with Crippen molar-refractivity contribution >= 4 is 22.6 Å². The summed E-state index contributed by atoms with van der Waals surface area (Å²) in [6.07, 6.45) is -4.67. The Morgan fingerprint density at radius 2 is 2.00 bits per heavy atom. The summed E-state index contributed by atoms with van der Waals surface area (Å²) in [4.78, 5) is 0. The Labute approximate surface area is 92.4 Å². The Bertz CT molecular complexity index is 327. The molecule has 0 aromatic heterocycles. The Hall–Kier alpha value is -0.500. The van der Waals surface area contributed by atoms with Gasteiger partial charge in [0.25, 0.3) is 0 Å². The summed E-state index contributed by atoms with van der Waals surface area (Å²) in [6, 6.07) is 4.41. The first-order chi connectivity index (χ1) is 6.44. The van der Waals surface area contributed by atoms with Gasteiger partial charge in [0.05, 0.1) is 0 Å². The van der Waals surface area contributed by atoms with Crippen molar-refractivity contribution < 1.29 is 17.9 Å². The van der Waals surface area contributed by atoms with E-state index in [1.54, 1.807) is 6.07 Å². The largest absolute Gasteiger partial charge is 0.573 e. The van der Waals surface area contributed by atoms with Crippen LogP contribution in [0, 0.1) is 3.57 Å². The lowest BCUT2D eigenvalue weighted by Gasteiger charge is -2.13. The fourth-order valence-electron chi connectivity index (χ4n) is 0.957. The molecule has 0 atom stereocenters. The first kappa shape index (κ1) is 11.6. The summed E-state index contributed by atoms with van der Waals surface area (Å²) in [5, 5.41) is 0. The smallest absolute Gasteiger partial charge is 0.405 e. The van der Waals surface area contributed by atoms with Gasteiger partial charge in [-0.3, -0.25) is 0 Å². The Kier molecular flexibility index (Phi) is 3.59. The van der Waals surface area contributed by atoms with Gasteiger partial charge in [-0.15, -0.1) is 13.2 Å². The van der Waals surface area contributed by atoms with Crippen LogP contribution in [0.3, 0.4) is 0 Å². The van der Waals surface area contributed by atoms with Gasteiger partial charge in [0.15, 0.2) is 0 Å². The minimum atomic E-state index is -4.67. The van der Waals surface area contributed by atoms with Gasteiger partial charge in [0.2, 0.25) is 0 Å². The average Bonchev–Trinajstić information content (AvgIpc) is 2.01. The lowest BCUT2D eigenvalue weighted by atomic mass is 10.2. The zero-order chi connectivity index (χ0) is 10.8. The molecule has 0 saturated carbocycles. The highest BCUT2D eigenvalue weighted by molar-refractivity contribution is 14.1. The summed E-state index contributed by atoms with van der Waals surface area (Å²) < 4.78 is 40.3. The Balaban J connectivity index is 3.02. The molecule has 6 heteroatoms. The van der Waals surface area contributed by atoms with E-state index in [-0.39, 0.29) is 12.3 Å².